The summed E-state index contributed by atoms with van der Waals surface area (Å²) in [4.78, 5) is 25.6. The molecule has 0 aliphatic heterocycles. The molecule has 0 radical (unpaired) electrons. The number of aliphatic hydroxyl groups is 1. The maximum Gasteiger partial charge on any atom is 0.420 e. The van der Waals surface area contributed by atoms with E-state index in [0.29, 0.717) is 19.3 Å². The maximum absolute atomic E-state index is 12.3. The molecule has 0 aromatic carbocycles. The number of carbonyl (C=O) groups is 2. The average Bonchev–Trinajstić information content (AvgIpc) is 2.58. The number of carbonyl (C=O) groups excluding carboxylic acids is 2. The first-order valence-electron chi connectivity index (χ1n) is 7.32. The van der Waals surface area contributed by atoms with E-state index in [2.05, 4.69) is 0 Å². The second kappa shape index (κ2) is 6.22. The molecule has 2 atom stereocenters. The predicted octanol–water partition coefficient (Wildman–Crippen LogP) is 3.07. The molecule has 2 amide bonds. The first kappa shape index (κ1) is 17.8. The molecule has 1 rings (SSSR count). The van der Waals surface area contributed by atoms with E-state index >= 15 is 0 Å². The number of imide groups is 1. The van der Waals surface area contributed by atoms with Gasteiger partial charge in [-0.05, 0) is 60.8 Å². The molecule has 1 aliphatic carbocycles. The van der Waals surface area contributed by atoms with Crippen LogP contribution in [0.4, 0.5) is 9.59 Å². The summed E-state index contributed by atoms with van der Waals surface area (Å²) < 4.78 is 10.6. The molecule has 1 saturated carbocycles. The monoisotopic (exact) mass is 301 g/mol. The molecule has 1 aliphatic rings. The number of nitrogens with zero attached hydrogens (tertiary/aromatic N) is 1. The summed E-state index contributed by atoms with van der Waals surface area (Å²) in [6, 6.07) is -0.385. The van der Waals surface area contributed by atoms with Crippen LogP contribution >= 0.6 is 0 Å². The van der Waals surface area contributed by atoms with Crippen LogP contribution in [0.25, 0.3) is 0 Å². The Balaban J connectivity index is 2.89. The van der Waals surface area contributed by atoms with Gasteiger partial charge >= 0.3 is 12.2 Å². The molecule has 122 valence electrons. The molecule has 0 aromatic rings. The van der Waals surface area contributed by atoms with Crippen LogP contribution in [0.5, 0.6) is 0 Å². The van der Waals surface area contributed by atoms with Gasteiger partial charge in [0.15, 0.2) is 0 Å². The Morgan fingerprint density at radius 3 is 1.67 bits per heavy atom. The summed E-state index contributed by atoms with van der Waals surface area (Å²) in [6.07, 6.45) is -0.473. The smallest absolute Gasteiger partial charge is 0.420 e. The minimum absolute atomic E-state index is 0.360. The minimum Gasteiger partial charge on any atom is -0.443 e. The number of amides is 2. The Hall–Kier alpha value is -1.30. The highest BCUT2D eigenvalue weighted by Crippen LogP contribution is 2.27. The fourth-order valence-corrected chi connectivity index (χ4v) is 2.16. The molecule has 1 fully saturated rings. The molecule has 0 spiro atoms. The zero-order chi connectivity index (χ0) is 16.4. The lowest BCUT2D eigenvalue weighted by Crippen LogP contribution is -2.48. The van der Waals surface area contributed by atoms with Crippen molar-refractivity contribution in [3.8, 4) is 0 Å². The summed E-state index contributed by atoms with van der Waals surface area (Å²) in [6.45, 7) is 10.4. The van der Waals surface area contributed by atoms with Gasteiger partial charge in [0.05, 0.1) is 6.10 Å². The standard InChI is InChI=1S/C15H27NO5/c1-14(2,3)20-12(18)16(10-7-8-11(17)9-10)13(19)21-15(4,5)6/h10-11,17H,7-9H2,1-6H3. The highest BCUT2D eigenvalue weighted by molar-refractivity contribution is 5.88. The molecule has 6 heteroatoms. The lowest BCUT2D eigenvalue weighted by molar-refractivity contribution is -0.00760. The van der Waals surface area contributed by atoms with Crippen molar-refractivity contribution in [2.45, 2.75) is 84.2 Å². The van der Waals surface area contributed by atoms with E-state index in [4.69, 9.17) is 9.47 Å². The number of aliphatic hydroxyl groups excluding tert-OH is 1. The van der Waals surface area contributed by atoms with Gasteiger partial charge < -0.3 is 14.6 Å². The van der Waals surface area contributed by atoms with Gasteiger partial charge in [-0.2, -0.15) is 0 Å². The van der Waals surface area contributed by atoms with Gasteiger partial charge in [0, 0.05) is 6.04 Å². The highest BCUT2D eigenvalue weighted by atomic mass is 16.6. The van der Waals surface area contributed by atoms with Crippen molar-refractivity contribution < 1.29 is 24.2 Å². The molecule has 6 nitrogen and oxygen atoms in total. The molecule has 0 heterocycles. The van der Waals surface area contributed by atoms with Crippen molar-refractivity contribution in [1.29, 1.82) is 0 Å². The molecule has 2 unspecified atom stereocenters. The number of ether oxygens (including phenoxy) is 2. The Bertz CT molecular complexity index is 366. The molecule has 0 saturated heterocycles. The van der Waals surface area contributed by atoms with Crippen LogP contribution in [0.3, 0.4) is 0 Å². The second-order valence-corrected chi connectivity index (χ2v) is 7.45. The second-order valence-electron chi connectivity index (χ2n) is 7.45. The summed E-state index contributed by atoms with van der Waals surface area (Å²) in [5.41, 5.74) is -1.40. The van der Waals surface area contributed by atoms with Gasteiger partial charge in [-0.25, -0.2) is 14.5 Å². The normalized spacial score (nSPS) is 22.8. The molecular formula is C15H27NO5. The van der Waals surface area contributed by atoms with Crippen LogP contribution in [0.1, 0.15) is 60.8 Å². The minimum atomic E-state index is -0.726. The lowest BCUT2D eigenvalue weighted by Gasteiger charge is -2.31. The van der Waals surface area contributed by atoms with Gasteiger partial charge in [0.2, 0.25) is 0 Å². The number of rotatable bonds is 1. The van der Waals surface area contributed by atoms with Crippen molar-refractivity contribution in [3.63, 3.8) is 0 Å². The van der Waals surface area contributed by atoms with E-state index in [1.165, 1.54) is 0 Å². The third kappa shape index (κ3) is 5.91. The summed E-state index contributed by atoms with van der Waals surface area (Å²) in [5, 5.41) is 9.65. The van der Waals surface area contributed by atoms with Crippen molar-refractivity contribution in [3.05, 3.63) is 0 Å². The van der Waals surface area contributed by atoms with Gasteiger partial charge in [0.1, 0.15) is 11.2 Å². The van der Waals surface area contributed by atoms with Crippen LogP contribution in [0, 0.1) is 0 Å². The molecule has 1 N–H and O–H groups in total. The molecule has 21 heavy (non-hydrogen) atoms. The zero-order valence-electron chi connectivity index (χ0n) is 13.8. The SMILES string of the molecule is CC(C)(C)OC(=O)N(C(=O)OC(C)(C)C)C1CCC(O)C1. The summed E-state index contributed by atoms with van der Waals surface area (Å²) >= 11 is 0. The van der Waals surface area contributed by atoms with Crippen LogP contribution in [-0.2, 0) is 9.47 Å². The van der Waals surface area contributed by atoms with E-state index in [1.54, 1.807) is 41.5 Å². The Labute approximate surface area is 126 Å². The maximum atomic E-state index is 12.3. The van der Waals surface area contributed by atoms with Crippen LogP contribution in [0.2, 0.25) is 0 Å². The van der Waals surface area contributed by atoms with Crippen LogP contribution in [-0.4, -0.2) is 45.5 Å². The van der Waals surface area contributed by atoms with Gasteiger partial charge in [-0.3, -0.25) is 0 Å². The fraction of sp³-hybridized carbons (Fsp3) is 0.867. The topological polar surface area (TPSA) is 76.1 Å². The summed E-state index contributed by atoms with van der Waals surface area (Å²) in [5.74, 6) is 0. The van der Waals surface area contributed by atoms with Gasteiger partial charge in [-0.15, -0.1) is 0 Å². The predicted molar refractivity (Wildman–Crippen MR) is 78.0 cm³/mol. The largest absolute Gasteiger partial charge is 0.443 e. The first-order valence-corrected chi connectivity index (χ1v) is 7.32. The van der Waals surface area contributed by atoms with Crippen LogP contribution in [0.15, 0.2) is 0 Å². The Morgan fingerprint density at radius 1 is 0.952 bits per heavy atom. The fourth-order valence-electron chi connectivity index (χ4n) is 2.16. The van der Waals surface area contributed by atoms with Crippen molar-refractivity contribution in [2.75, 3.05) is 0 Å². The van der Waals surface area contributed by atoms with E-state index in [1.807, 2.05) is 0 Å². The van der Waals surface area contributed by atoms with Crippen molar-refractivity contribution >= 4 is 12.2 Å². The third-order valence-electron chi connectivity index (χ3n) is 2.92. The van der Waals surface area contributed by atoms with E-state index in [-0.39, 0.29) is 6.04 Å². The van der Waals surface area contributed by atoms with Crippen molar-refractivity contribution in [2.24, 2.45) is 0 Å². The van der Waals surface area contributed by atoms with E-state index in [0.717, 1.165) is 4.90 Å². The average molecular weight is 301 g/mol. The van der Waals surface area contributed by atoms with E-state index < -0.39 is 29.5 Å². The summed E-state index contributed by atoms with van der Waals surface area (Å²) in [7, 11) is 0. The first-order chi connectivity index (χ1) is 9.39. The Morgan fingerprint density at radius 2 is 1.38 bits per heavy atom. The van der Waals surface area contributed by atoms with Crippen LogP contribution < -0.4 is 0 Å². The highest BCUT2D eigenvalue weighted by Gasteiger charge is 2.39. The van der Waals surface area contributed by atoms with E-state index in [9.17, 15) is 14.7 Å². The Kier molecular flexibility index (Phi) is 5.25. The zero-order valence-corrected chi connectivity index (χ0v) is 13.8. The van der Waals surface area contributed by atoms with Gasteiger partial charge in [-0.1, -0.05) is 0 Å². The third-order valence-corrected chi connectivity index (χ3v) is 2.92. The number of hydrogen-bond donors (Lipinski definition) is 1. The van der Waals surface area contributed by atoms with Gasteiger partial charge in [0.25, 0.3) is 0 Å². The number of hydrogen-bond acceptors (Lipinski definition) is 5. The molecular weight excluding hydrogens is 274 g/mol. The molecule has 0 aromatic heterocycles. The van der Waals surface area contributed by atoms with Crippen molar-refractivity contribution in [1.82, 2.24) is 4.90 Å². The lowest BCUT2D eigenvalue weighted by atomic mass is 10.2. The molecule has 0 bridgehead atoms. The quantitative estimate of drug-likeness (QED) is 0.805.